The highest BCUT2D eigenvalue weighted by atomic mass is 16.6. The highest BCUT2D eigenvalue weighted by Crippen LogP contribution is 2.54. The van der Waals surface area contributed by atoms with Gasteiger partial charge in [0.05, 0.1) is 12.0 Å². The summed E-state index contributed by atoms with van der Waals surface area (Å²) in [4.78, 5) is 27.8. The molecule has 1 fully saturated rings. The molecule has 0 bridgehead atoms. The highest BCUT2D eigenvalue weighted by molar-refractivity contribution is 5.92. The first-order chi connectivity index (χ1) is 13.7. The number of carbonyl (C=O) groups is 2. The molecule has 1 aromatic carbocycles. The lowest BCUT2D eigenvalue weighted by atomic mass is 10.1. The Bertz CT molecular complexity index is 969. The fourth-order valence-corrected chi connectivity index (χ4v) is 3.38. The summed E-state index contributed by atoms with van der Waals surface area (Å²) in [6.45, 7) is 5.47. The van der Waals surface area contributed by atoms with Crippen molar-refractivity contribution < 1.29 is 23.8 Å². The zero-order valence-corrected chi connectivity index (χ0v) is 16.7. The van der Waals surface area contributed by atoms with E-state index in [1.807, 2.05) is 32.9 Å². The van der Waals surface area contributed by atoms with E-state index < -0.39 is 11.7 Å². The van der Waals surface area contributed by atoms with E-state index in [1.54, 1.807) is 25.2 Å². The van der Waals surface area contributed by atoms with Crippen molar-refractivity contribution in [3.63, 3.8) is 0 Å². The first-order valence-corrected chi connectivity index (χ1v) is 9.41. The third-order valence-electron chi connectivity index (χ3n) is 4.67. The first kappa shape index (κ1) is 19.0. The number of rotatable bonds is 4. The van der Waals surface area contributed by atoms with Crippen molar-refractivity contribution in [2.24, 2.45) is 0 Å². The van der Waals surface area contributed by atoms with Gasteiger partial charge in [0, 0.05) is 24.9 Å². The number of carbonyl (C=O) groups excluding carboxylic acids is 2. The lowest BCUT2D eigenvalue weighted by Crippen LogP contribution is -2.36. The average Bonchev–Trinajstić information content (AvgIpc) is 3.16. The molecular formula is C21H23N3O5. The number of hydrogen-bond acceptors (Lipinski definition) is 6. The molecule has 4 rings (SSSR count). The molecule has 1 aliphatic carbocycles. The number of ether oxygens (including phenoxy) is 3. The summed E-state index contributed by atoms with van der Waals surface area (Å²) in [5, 5.41) is 5.40. The molecule has 0 unspecified atom stereocenters. The van der Waals surface area contributed by atoms with Gasteiger partial charge in [-0.3, -0.25) is 9.78 Å². The third-order valence-corrected chi connectivity index (χ3v) is 4.67. The average molecular weight is 397 g/mol. The minimum atomic E-state index is -0.550. The molecular weight excluding hydrogens is 374 g/mol. The van der Waals surface area contributed by atoms with Crippen LogP contribution in [0.15, 0.2) is 36.5 Å². The summed E-state index contributed by atoms with van der Waals surface area (Å²) >= 11 is 0. The quantitative estimate of drug-likeness (QED) is 0.823. The predicted molar refractivity (Wildman–Crippen MR) is 104 cm³/mol. The molecule has 1 saturated carbocycles. The van der Waals surface area contributed by atoms with E-state index in [1.165, 1.54) is 6.20 Å². The molecule has 8 heteroatoms. The summed E-state index contributed by atoms with van der Waals surface area (Å²) in [6, 6.07) is 8.70. The molecule has 2 N–H and O–H groups in total. The van der Waals surface area contributed by atoms with E-state index in [0.717, 1.165) is 11.3 Å². The van der Waals surface area contributed by atoms with E-state index in [4.69, 9.17) is 14.2 Å². The SMILES string of the molecule is CNC(=O)c1cc(Oc2ccc3c(c2)[C@H]2[C@H](NC(=O)OC(C)(C)C)[C@H]2O3)ccn1. The summed E-state index contributed by atoms with van der Waals surface area (Å²) in [6.07, 6.45) is 0.982. The maximum Gasteiger partial charge on any atom is 0.408 e. The third kappa shape index (κ3) is 3.96. The van der Waals surface area contributed by atoms with E-state index in [9.17, 15) is 9.59 Å². The van der Waals surface area contributed by atoms with Gasteiger partial charge < -0.3 is 24.8 Å². The second-order valence-corrected chi connectivity index (χ2v) is 8.04. The Kier molecular flexibility index (Phi) is 4.56. The second-order valence-electron chi connectivity index (χ2n) is 8.04. The highest BCUT2D eigenvalue weighted by Gasteiger charge is 2.60. The van der Waals surface area contributed by atoms with Crippen LogP contribution in [-0.4, -0.2) is 41.8 Å². The Morgan fingerprint density at radius 1 is 1.14 bits per heavy atom. The van der Waals surface area contributed by atoms with Crippen LogP contribution >= 0.6 is 0 Å². The number of nitrogens with one attached hydrogen (secondary N) is 2. The summed E-state index contributed by atoms with van der Waals surface area (Å²) in [5.74, 6) is 1.70. The Hall–Kier alpha value is -3.29. The van der Waals surface area contributed by atoms with Crippen molar-refractivity contribution in [1.29, 1.82) is 0 Å². The number of fused-ring (bicyclic) bond motifs is 3. The van der Waals surface area contributed by atoms with Crippen molar-refractivity contribution >= 4 is 12.0 Å². The van der Waals surface area contributed by atoms with Crippen LogP contribution in [0, 0.1) is 0 Å². The summed E-state index contributed by atoms with van der Waals surface area (Å²) in [7, 11) is 1.55. The van der Waals surface area contributed by atoms with Gasteiger partial charge in [-0.25, -0.2) is 4.79 Å². The van der Waals surface area contributed by atoms with Gasteiger partial charge >= 0.3 is 6.09 Å². The molecule has 2 aromatic rings. The monoisotopic (exact) mass is 397 g/mol. The molecule has 1 aliphatic heterocycles. The molecule has 0 saturated heterocycles. The lowest BCUT2D eigenvalue weighted by Gasteiger charge is -2.20. The van der Waals surface area contributed by atoms with Gasteiger partial charge in [-0.2, -0.15) is 0 Å². The van der Waals surface area contributed by atoms with Gasteiger partial charge in [-0.15, -0.1) is 0 Å². The first-order valence-electron chi connectivity index (χ1n) is 9.41. The fraction of sp³-hybridized carbons (Fsp3) is 0.381. The minimum Gasteiger partial charge on any atom is -0.487 e. The topological polar surface area (TPSA) is 98.8 Å². The van der Waals surface area contributed by atoms with Crippen LogP contribution in [0.5, 0.6) is 17.2 Å². The van der Waals surface area contributed by atoms with Crippen LogP contribution in [0.25, 0.3) is 0 Å². The smallest absolute Gasteiger partial charge is 0.408 e. The van der Waals surface area contributed by atoms with E-state index in [2.05, 4.69) is 15.6 Å². The molecule has 3 atom stereocenters. The number of hydrogen-bond donors (Lipinski definition) is 2. The van der Waals surface area contributed by atoms with E-state index >= 15 is 0 Å². The standard InChI is InChI=1S/C21H23N3O5/c1-21(2,3)29-20(26)24-17-16-13-9-11(5-6-15(13)28-18(16)17)27-12-7-8-23-14(10-12)19(25)22-4/h5-10,16-18H,1-4H3,(H,22,25)(H,24,26)/t16-,17-,18-/m0/s1. The van der Waals surface area contributed by atoms with Gasteiger partial charge in [0.1, 0.15) is 34.6 Å². The molecule has 8 nitrogen and oxygen atoms in total. The van der Waals surface area contributed by atoms with Gasteiger partial charge in [0.15, 0.2) is 0 Å². The van der Waals surface area contributed by atoms with Crippen molar-refractivity contribution in [3.8, 4) is 17.2 Å². The zero-order valence-electron chi connectivity index (χ0n) is 16.7. The van der Waals surface area contributed by atoms with Crippen molar-refractivity contribution in [1.82, 2.24) is 15.6 Å². The number of aromatic nitrogens is 1. The Morgan fingerprint density at radius 3 is 2.62 bits per heavy atom. The van der Waals surface area contributed by atoms with Gasteiger partial charge in [-0.05, 0) is 45.0 Å². The second kappa shape index (κ2) is 6.95. The molecule has 29 heavy (non-hydrogen) atoms. The maximum atomic E-state index is 12.0. The van der Waals surface area contributed by atoms with E-state index in [-0.39, 0.29) is 29.7 Å². The number of nitrogens with zero attached hydrogens (tertiary/aromatic N) is 1. The number of alkyl carbamates (subject to hydrolysis) is 1. The van der Waals surface area contributed by atoms with Crippen molar-refractivity contribution in [2.75, 3.05) is 7.05 Å². The number of benzene rings is 1. The number of pyridine rings is 1. The molecule has 1 aromatic heterocycles. The fourth-order valence-electron chi connectivity index (χ4n) is 3.38. The Balaban J connectivity index is 1.45. The Labute approximate surface area is 168 Å². The lowest BCUT2D eigenvalue weighted by molar-refractivity contribution is 0.0514. The van der Waals surface area contributed by atoms with Gasteiger partial charge in [0.2, 0.25) is 0 Å². The van der Waals surface area contributed by atoms with Crippen molar-refractivity contribution in [3.05, 3.63) is 47.8 Å². The summed E-state index contributed by atoms with van der Waals surface area (Å²) < 4.78 is 17.1. The molecule has 2 amide bonds. The van der Waals surface area contributed by atoms with Crippen LogP contribution in [0.4, 0.5) is 4.79 Å². The number of amides is 2. The van der Waals surface area contributed by atoms with Crippen molar-refractivity contribution in [2.45, 2.75) is 44.4 Å². The van der Waals surface area contributed by atoms with E-state index in [0.29, 0.717) is 11.5 Å². The Morgan fingerprint density at radius 2 is 1.90 bits per heavy atom. The molecule has 0 spiro atoms. The van der Waals surface area contributed by atoms with Gasteiger partial charge in [0.25, 0.3) is 5.91 Å². The summed E-state index contributed by atoms with van der Waals surface area (Å²) in [5.41, 5.74) is 0.707. The normalized spacial score (nSPS) is 21.3. The largest absolute Gasteiger partial charge is 0.487 e. The molecule has 2 heterocycles. The van der Waals surface area contributed by atoms with Crippen LogP contribution in [0.2, 0.25) is 0 Å². The van der Waals surface area contributed by atoms with Crippen LogP contribution in [0.1, 0.15) is 42.7 Å². The van der Waals surface area contributed by atoms with Crippen LogP contribution in [0.3, 0.4) is 0 Å². The van der Waals surface area contributed by atoms with Gasteiger partial charge in [-0.1, -0.05) is 0 Å². The molecule has 152 valence electrons. The minimum absolute atomic E-state index is 0.0694. The predicted octanol–water partition coefficient (Wildman–Crippen LogP) is 2.99. The van der Waals surface area contributed by atoms with Crippen LogP contribution < -0.4 is 20.1 Å². The zero-order chi connectivity index (χ0) is 20.8. The molecule has 2 aliphatic rings. The van der Waals surface area contributed by atoms with Crippen LogP contribution in [-0.2, 0) is 4.74 Å². The maximum absolute atomic E-state index is 12.0. The molecule has 0 radical (unpaired) electrons.